The molecule has 2 N–H and O–H groups in total. The van der Waals surface area contributed by atoms with E-state index in [0.29, 0.717) is 18.5 Å². The van der Waals surface area contributed by atoms with Gasteiger partial charge in [0.25, 0.3) is 0 Å². The standard InChI is InChI=1S/C20H32N2O2/c23-19(21-17-7-3-1-4-8-17)15-11-13-16(14-12-15)20(24)22-18-9-5-2-6-10-18/h11,16-18H,1-10,12-14H2,(H,21,23)(H,22,24)/t16-/m0/s1. The molecule has 0 heterocycles. The molecule has 1 atom stereocenters. The molecular weight excluding hydrogens is 300 g/mol. The summed E-state index contributed by atoms with van der Waals surface area (Å²) in [5, 5.41) is 6.42. The molecule has 4 nitrogen and oxygen atoms in total. The van der Waals surface area contributed by atoms with E-state index in [1.807, 2.05) is 6.08 Å². The van der Waals surface area contributed by atoms with E-state index in [0.717, 1.165) is 44.1 Å². The van der Waals surface area contributed by atoms with E-state index < -0.39 is 0 Å². The smallest absolute Gasteiger partial charge is 0.247 e. The van der Waals surface area contributed by atoms with Gasteiger partial charge in [0.1, 0.15) is 0 Å². The molecule has 0 bridgehead atoms. The monoisotopic (exact) mass is 332 g/mol. The Morgan fingerprint density at radius 3 is 1.92 bits per heavy atom. The lowest BCUT2D eigenvalue weighted by Gasteiger charge is -2.28. The molecule has 3 aliphatic rings. The van der Waals surface area contributed by atoms with Crippen LogP contribution < -0.4 is 10.6 Å². The number of hydrogen-bond acceptors (Lipinski definition) is 2. The van der Waals surface area contributed by atoms with E-state index in [9.17, 15) is 9.59 Å². The third-order valence-corrected chi connectivity index (χ3v) is 5.97. The van der Waals surface area contributed by atoms with Gasteiger partial charge in [0.2, 0.25) is 11.8 Å². The fraction of sp³-hybridized carbons (Fsp3) is 0.800. The number of nitrogens with one attached hydrogen (secondary N) is 2. The SMILES string of the molecule is O=C(NC1CCCCC1)C1=CC[C@H](C(=O)NC2CCCCC2)CC1. The molecule has 2 saturated carbocycles. The summed E-state index contributed by atoms with van der Waals surface area (Å²) in [7, 11) is 0. The van der Waals surface area contributed by atoms with Crippen molar-refractivity contribution in [1.29, 1.82) is 0 Å². The van der Waals surface area contributed by atoms with Crippen molar-refractivity contribution in [2.45, 2.75) is 95.6 Å². The molecule has 0 saturated heterocycles. The van der Waals surface area contributed by atoms with E-state index in [1.54, 1.807) is 0 Å². The van der Waals surface area contributed by atoms with Gasteiger partial charge in [-0.2, -0.15) is 0 Å². The zero-order chi connectivity index (χ0) is 16.8. The first kappa shape index (κ1) is 17.5. The summed E-state index contributed by atoms with van der Waals surface area (Å²) >= 11 is 0. The maximum Gasteiger partial charge on any atom is 0.247 e. The Hall–Kier alpha value is -1.32. The molecule has 3 rings (SSSR count). The number of amides is 2. The number of carbonyl (C=O) groups is 2. The Morgan fingerprint density at radius 2 is 1.38 bits per heavy atom. The zero-order valence-electron chi connectivity index (χ0n) is 14.8. The van der Waals surface area contributed by atoms with E-state index >= 15 is 0 Å². The fourth-order valence-corrected chi connectivity index (χ4v) is 4.37. The Morgan fingerprint density at radius 1 is 0.792 bits per heavy atom. The summed E-state index contributed by atoms with van der Waals surface area (Å²) < 4.78 is 0. The Balaban J connectivity index is 1.44. The van der Waals surface area contributed by atoms with Gasteiger partial charge in [0, 0.05) is 23.6 Å². The molecule has 0 spiro atoms. The van der Waals surface area contributed by atoms with Crippen molar-refractivity contribution >= 4 is 11.8 Å². The average Bonchev–Trinajstić information content (AvgIpc) is 2.63. The highest BCUT2D eigenvalue weighted by molar-refractivity contribution is 5.94. The topological polar surface area (TPSA) is 58.2 Å². The lowest BCUT2D eigenvalue weighted by molar-refractivity contribution is -0.126. The van der Waals surface area contributed by atoms with Crippen LogP contribution in [0.3, 0.4) is 0 Å². The summed E-state index contributed by atoms with van der Waals surface area (Å²) in [6, 6.07) is 0.741. The Kier molecular flexibility index (Phi) is 6.33. The first-order chi connectivity index (χ1) is 11.7. The third kappa shape index (κ3) is 4.84. The Labute approximate surface area is 145 Å². The van der Waals surface area contributed by atoms with Crippen molar-refractivity contribution in [2.24, 2.45) is 5.92 Å². The molecule has 24 heavy (non-hydrogen) atoms. The molecule has 0 unspecified atom stereocenters. The van der Waals surface area contributed by atoms with Crippen LogP contribution in [0.4, 0.5) is 0 Å². The molecule has 0 aromatic rings. The molecule has 134 valence electrons. The first-order valence-electron chi connectivity index (χ1n) is 10.0. The first-order valence-corrected chi connectivity index (χ1v) is 10.0. The van der Waals surface area contributed by atoms with Crippen LogP contribution in [-0.2, 0) is 9.59 Å². The second kappa shape index (κ2) is 8.68. The minimum absolute atomic E-state index is 0.0538. The second-order valence-electron chi connectivity index (χ2n) is 7.85. The van der Waals surface area contributed by atoms with Crippen LogP contribution in [0.15, 0.2) is 11.6 Å². The molecule has 4 heteroatoms. The van der Waals surface area contributed by atoms with E-state index in [2.05, 4.69) is 10.6 Å². The van der Waals surface area contributed by atoms with Crippen LogP contribution in [0.25, 0.3) is 0 Å². The van der Waals surface area contributed by atoms with Crippen molar-refractivity contribution in [3.63, 3.8) is 0 Å². The van der Waals surface area contributed by atoms with Crippen LogP contribution in [0.2, 0.25) is 0 Å². The number of carbonyl (C=O) groups excluding carboxylic acids is 2. The van der Waals surface area contributed by atoms with Gasteiger partial charge in [0.05, 0.1) is 0 Å². The minimum atomic E-state index is 0.0538. The van der Waals surface area contributed by atoms with Gasteiger partial charge in [-0.1, -0.05) is 44.6 Å². The second-order valence-corrected chi connectivity index (χ2v) is 7.85. The van der Waals surface area contributed by atoms with Crippen LogP contribution in [0, 0.1) is 5.92 Å². The van der Waals surface area contributed by atoms with E-state index in [4.69, 9.17) is 0 Å². The van der Waals surface area contributed by atoms with Gasteiger partial charge in [-0.3, -0.25) is 9.59 Å². The highest BCUT2D eigenvalue weighted by Gasteiger charge is 2.27. The van der Waals surface area contributed by atoms with Gasteiger partial charge in [-0.15, -0.1) is 0 Å². The lowest BCUT2D eigenvalue weighted by Crippen LogP contribution is -2.41. The maximum absolute atomic E-state index is 12.4. The van der Waals surface area contributed by atoms with Crippen molar-refractivity contribution in [3.05, 3.63) is 11.6 Å². The van der Waals surface area contributed by atoms with Gasteiger partial charge in [0.15, 0.2) is 0 Å². The fourth-order valence-electron chi connectivity index (χ4n) is 4.37. The van der Waals surface area contributed by atoms with Crippen molar-refractivity contribution in [1.82, 2.24) is 10.6 Å². The summed E-state index contributed by atoms with van der Waals surface area (Å²) in [5.74, 6) is 0.357. The van der Waals surface area contributed by atoms with Crippen LogP contribution in [0.1, 0.15) is 83.5 Å². The lowest BCUT2D eigenvalue weighted by atomic mass is 9.87. The predicted molar refractivity (Wildman–Crippen MR) is 95.5 cm³/mol. The molecule has 3 aliphatic carbocycles. The molecular formula is C20H32N2O2. The minimum Gasteiger partial charge on any atom is -0.353 e. The van der Waals surface area contributed by atoms with E-state index in [1.165, 1.54) is 38.5 Å². The summed E-state index contributed by atoms with van der Waals surface area (Å²) in [6.45, 7) is 0. The molecule has 0 radical (unpaired) electrons. The maximum atomic E-state index is 12.4. The van der Waals surface area contributed by atoms with Gasteiger partial charge >= 0.3 is 0 Å². The molecule has 0 aliphatic heterocycles. The van der Waals surface area contributed by atoms with Crippen molar-refractivity contribution < 1.29 is 9.59 Å². The highest BCUT2D eigenvalue weighted by Crippen LogP contribution is 2.26. The van der Waals surface area contributed by atoms with Gasteiger partial charge in [-0.25, -0.2) is 0 Å². The van der Waals surface area contributed by atoms with Crippen molar-refractivity contribution in [3.8, 4) is 0 Å². The van der Waals surface area contributed by atoms with Crippen LogP contribution in [0.5, 0.6) is 0 Å². The van der Waals surface area contributed by atoms with Crippen molar-refractivity contribution in [2.75, 3.05) is 0 Å². The van der Waals surface area contributed by atoms with Gasteiger partial charge < -0.3 is 10.6 Å². The van der Waals surface area contributed by atoms with Crippen LogP contribution in [-0.4, -0.2) is 23.9 Å². The summed E-state index contributed by atoms with van der Waals surface area (Å²) in [6.07, 6.45) is 16.3. The normalized spacial score (nSPS) is 26.5. The third-order valence-electron chi connectivity index (χ3n) is 5.97. The van der Waals surface area contributed by atoms with E-state index in [-0.39, 0.29) is 17.7 Å². The summed E-state index contributed by atoms with van der Waals surface area (Å²) in [4.78, 5) is 24.8. The molecule has 0 aromatic heterocycles. The average molecular weight is 332 g/mol. The molecule has 2 amide bonds. The number of hydrogen-bond donors (Lipinski definition) is 2. The molecule has 0 aromatic carbocycles. The highest BCUT2D eigenvalue weighted by atomic mass is 16.2. The zero-order valence-corrected chi connectivity index (χ0v) is 14.8. The quantitative estimate of drug-likeness (QED) is 0.826. The number of allylic oxidation sites excluding steroid dienone is 1. The molecule has 2 fully saturated rings. The summed E-state index contributed by atoms with van der Waals surface area (Å²) in [5.41, 5.74) is 0.891. The van der Waals surface area contributed by atoms with Gasteiger partial charge in [-0.05, 0) is 44.9 Å². The number of rotatable bonds is 4. The van der Waals surface area contributed by atoms with Crippen LogP contribution >= 0.6 is 0 Å². The largest absolute Gasteiger partial charge is 0.353 e. The Bertz CT molecular complexity index is 474. The predicted octanol–water partition coefficient (Wildman–Crippen LogP) is 3.61.